The fourth-order valence-corrected chi connectivity index (χ4v) is 1.85. The second-order valence-corrected chi connectivity index (χ2v) is 4.52. The van der Waals surface area contributed by atoms with Gasteiger partial charge in [-0.05, 0) is 43.7 Å². The van der Waals surface area contributed by atoms with E-state index in [4.69, 9.17) is 11.0 Å². The van der Waals surface area contributed by atoms with E-state index in [1.807, 2.05) is 13.0 Å². The van der Waals surface area contributed by atoms with Crippen LogP contribution in [0.5, 0.6) is 0 Å². The Balaban J connectivity index is 2.30. The molecule has 1 amide bonds. The number of anilines is 2. The monoisotopic (exact) mass is 266 g/mol. The Morgan fingerprint density at radius 1 is 1.30 bits per heavy atom. The van der Waals surface area contributed by atoms with E-state index in [9.17, 15) is 4.79 Å². The summed E-state index contributed by atoms with van der Waals surface area (Å²) in [5.41, 5.74) is 8.75. The quantitative estimate of drug-likeness (QED) is 0.873. The Morgan fingerprint density at radius 2 is 2.05 bits per heavy atom. The van der Waals surface area contributed by atoms with Crippen molar-refractivity contribution in [3.8, 4) is 6.07 Å². The summed E-state index contributed by atoms with van der Waals surface area (Å²) in [6.07, 6.45) is 0. The zero-order chi connectivity index (χ0) is 14.7. The number of benzene rings is 1. The summed E-state index contributed by atoms with van der Waals surface area (Å²) in [5.74, 6) is 0.0260. The van der Waals surface area contributed by atoms with E-state index in [-0.39, 0.29) is 5.91 Å². The summed E-state index contributed by atoms with van der Waals surface area (Å²) in [6.45, 7) is 3.64. The van der Waals surface area contributed by atoms with E-state index in [0.29, 0.717) is 28.3 Å². The number of aryl methyl sites for hydroxylation is 2. The third-order valence-corrected chi connectivity index (χ3v) is 2.85. The molecule has 1 heterocycles. The number of hydrogen-bond donors (Lipinski definition) is 2. The van der Waals surface area contributed by atoms with Gasteiger partial charge in [-0.25, -0.2) is 4.98 Å². The summed E-state index contributed by atoms with van der Waals surface area (Å²) in [4.78, 5) is 16.2. The molecule has 0 saturated carbocycles. The van der Waals surface area contributed by atoms with Crippen molar-refractivity contribution < 1.29 is 4.79 Å². The maximum absolute atomic E-state index is 12.2. The normalized spacial score (nSPS) is 9.85. The Kier molecular flexibility index (Phi) is 3.67. The van der Waals surface area contributed by atoms with E-state index in [0.717, 1.165) is 5.56 Å². The van der Waals surface area contributed by atoms with Crippen molar-refractivity contribution >= 4 is 17.4 Å². The van der Waals surface area contributed by atoms with E-state index in [2.05, 4.69) is 10.3 Å². The molecule has 0 aliphatic rings. The van der Waals surface area contributed by atoms with Gasteiger partial charge in [0.25, 0.3) is 5.91 Å². The highest BCUT2D eigenvalue weighted by Crippen LogP contribution is 2.18. The first-order valence-electron chi connectivity index (χ1n) is 6.06. The molecule has 5 heteroatoms. The van der Waals surface area contributed by atoms with Crippen LogP contribution < -0.4 is 11.1 Å². The van der Waals surface area contributed by atoms with Crippen molar-refractivity contribution in [1.29, 1.82) is 5.26 Å². The van der Waals surface area contributed by atoms with E-state index < -0.39 is 0 Å². The minimum atomic E-state index is -0.277. The number of nitrogens with zero attached hydrogens (tertiary/aromatic N) is 2. The molecule has 5 nitrogen and oxygen atoms in total. The summed E-state index contributed by atoms with van der Waals surface area (Å²) >= 11 is 0. The second kappa shape index (κ2) is 5.41. The number of rotatable bonds is 2. The number of aromatic nitrogens is 1. The molecule has 2 rings (SSSR count). The number of nitrogen functional groups attached to an aromatic ring is 1. The number of carbonyl (C=O) groups is 1. The molecular weight excluding hydrogens is 252 g/mol. The first-order chi connectivity index (χ1) is 9.49. The van der Waals surface area contributed by atoms with Crippen LogP contribution >= 0.6 is 0 Å². The predicted molar refractivity (Wildman–Crippen MR) is 77.2 cm³/mol. The minimum Gasteiger partial charge on any atom is -0.384 e. The van der Waals surface area contributed by atoms with Gasteiger partial charge in [0, 0.05) is 16.9 Å². The van der Waals surface area contributed by atoms with Crippen LogP contribution in [0.3, 0.4) is 0 Å². The van der Waals surface area contributed by atoms with Gasteiger partial charge < -0.3 is 11.1 Å². The van der Waals surface area contributed by atoms with Crippen molar-refractivity contribution in [1.82, 2.24) is 4.98 Å². The molecule has 100 valence electrons. The molecule has 0 saturated heterocycles. The predicted octanol–water partition coefficient (Wildman–Crippen LogP) is 2.40. The van der Waals surface area contributed by atoms with Gasteiger partial charge in [0.2, 0.25) is 0 Å². The minimum absolute atomic E-state index is 0.277. The van der Waals surface area contributed by atoms with Crippen molar-refractivity contribution in [3.05, 3.63) is 52.7 Å². The Hall–Kier alpha value is -2.87. The second-order valence-electron chi connectivity index (χ2n) is 4.52. The Labute approximate surface area is 117 Å². The maximum Gasteiger partial charge on any atom is 0.255 e. The fraction of sp³-hybridized carbons (Fsp3) is 0.133. The Bertz CT molecular complexity index is 696. The smallest absolute Gasteiger partial charge is 0.255 e. The van der Waals surface area contributed by atoms with Gasteiger partial charge in [-0.15, -0.1) is 0 Å². The first-order valence-corrected chi connectivity index (χ1v) is 6.06. The Morgan fingerprint density at radius 3 is 2.70 bits per heavy atom. The zero-order valence-corrected chi connectivity index (χ0v) is 11.3. The molecule has 0 radical (unpaired) electrons. The molecule has 0 aliphatic carbocycles. The number of carbonyl (C=O) groups excluding carboxylic acids is 1. The third-order valence-electron chi connectivity index (χ3n) is 2.85. The molecule has 0 unspecified atom stereocenters. The summed E-state index contributed by atoms with van der Waals surface area (Å²) in [6, 6.07) is 10.4. The van der Waals surface area contributed by atoms with Gasteiger partial charge >= 0.3 is 0 Å². The standard InChI is InChI=1S/C15H14N4O/c1-9-3-4-11(8-16)6-13(9)19-15(20)12-5-10(2)18-14(17)7-12/h3-7H,1-2H3,(H2,17,18)(H,19,20). The maximum atomic E-state index is 12.2. The summed E-state index contributed by atoms with van der Waals surface area (Å²) in [5, 5.41) is 11.7. The number of nitrogens with two attached hydrogens (primary N) is 1. The molecule has 3 N–H and O–H groups in total. The van der Waals surface area contributed by atoms with Crippen LogP contribution in [-0.4, -0.2) is 10.9 Å². The lowest BCUT2D eigenvalue weighted by Gasteiger charge is -2.09. The number of amides is 1. The number of hydrogen-bond acceptors (Lipinski definition) is 4. The summed E-state index contributed by atoms with van der Waals surface area (Å²) in [7, 11) is 0. The third kappa shape index (κ3) is 2.93. The lowest BCUT2D eigenvalue weighted by molar-refractivity contribution is 0.102. The van der Waals surface area contributed by atoms with Gasteiger partial charge in [-0.2, -0.15) is 5.26 Å². The highest BCUT2D eigenvalue weighted by molar-refractivity contribution is 6.05. The van der Waals surface area contributed by atoms with Crippen molar-refractivity contribution in [2.45, 2.75) is 13.8 Å². The molecule has 0 spiro atoms. The van der Waals surface area contributed by atoms with Gasteiger partial charge in [0.1, 0.15) is 5.82 Å². The average Bonchev–Trinajstić information content (AvgIpc) is 2.40. The fourth-order valence-electron chi connectivity index (χ4n) is 1.85. The van der Waals surface area contributed by atoms with Gasteiger partial charge in [0.15, 0.2) is 0 Å². The molecule has 2 aromatic rings. The van der Waals surface area contributed by atoms with Gasteiger partial charge in [-0.1, -0.05) is 6.07 Å². The van der Waals surface area contributed by atoms with Crippen LogP contribution in [0.15, 0.2) is 30.3 Å². The van der Waals surface area contributed by atoms with Crippen molar-refractivity contribution in [3.63, 3.8) is 0 Å². The number of nitrogens with one attached hydrogen (secondary N) is 1. The highest BCUT2D eigenvalue weighted by Gasteiger charge is 2.10. The lowest BCUT2D eigenvalue weighted by Crippen LogP contribution is -2.14. The molecular formula is C15H14N4O. The summed E-state index contributed by atoms with van der Waals surface area (Å²) < 4.78 is 0. The molecule has 0 aliphatic heterocycles. The highest BCUT2D eigenvalue weighted by atomic mass is 16.1. The number of pyridine rings is 1. The first kappa shape index (κ1) is 13.6. The van der Waals surface area contributed by atoms with E-state index in [1.165, 1.54) is 6.07 Å². The van der Waals surface area contributed by atoms with Crippen LogP contribution in [0.25, 0.3) is 0 Å². The molecule has 0 bridgehead atoms. The SMILES string of the molecule is Cc1cc(C(=O)Nc2cc(C#N)ccc2C)cc(N)n1. The molecule has 0 atom stereocenters. The molecule has 1 aromatic carbocycles. The van der Waals surface area contributed by atoms with Crippen LogP contribution in [0, 0.1) is 25.2 Å². The van der Waals surface area contributed by atoms with Crippen molar-refractivity contribution in [2.24, 2.45) is 0 Å². The van der Waals surface area contributed by atoms with E-state index in [1.54, 1.807) is 31.2 Å². The zero-order valence-electron chi connectivity index (χ0n) is 11.3. The largest absolute Gasteiger partial charge is 0.384 e. The van der Waals surface area contributed by atoms with Crippen molar-refractivity contribution in [2.75, 3.05) is 11.1 Å². The van der Waals surface area contributed by atoms with Crippen LogP contribution in [-0.2, 0) is 0 Å². The van der Waals surface area contributed by atoms with Gasteiger partial charge in [-0.3, -0.25) is 4.79 Å². The number of nitriles is 1. The lowest BCUT2D eigenvalue weighted by atomic mass is 10.1. The van der Waals surface area contributed by atoms with Crippen LogP contribution in [0.4, 0.5) is 11.5 Å². The average molecular weight is 266 g/mol. The van der Waals surface area contributed by atoms with Gasteiger partial charge in [0.05, 0.1) is 11.6 Å². The van der Waals surface area contributed by atoms with Crippen LogP contribution in [0.1, 0.15) is 27.2 Å². The van der Waals surface area contributed by atoms with Crippen LogP contribution in [0.2, 0.25) is 0 Å². The van der Waals surface area contributed by atoms with E-state index >= 15 is 0 Å². The molecule has 1 aromatic heterocycles. The molecule has 0 fully saturated rings. The topological polar surface area (TPSA) is 91.8 Å². The molecule has 20 heavy (non-hydrogen) atoms.